The molecule has 0 N–H and O–H groups in total. The van der Waals surface area contributed by atoms with Gasteiger partial charge in [0.2, 0.25) is 10.0 Å². The van der Waals surface area contributed by atoms with Crippen LogP contribution in [0.5, 0.6) is 11.5 Å². The van der Waals surface area contributed by atoms with Gasteiger partial charge in [0.15, 0.2) is 6.61 Å². The van der Waals surface area contributed by atoms with Crippen molar-refractivity contribution in [1.29, 1.82) is 0 Å². The van der Waals surface area contributed by atoms with Gasteiger partial charge >= 0.3 is 6.36 Å². The second-order valence-corrected chi connectivity index (χ2v) is 8.49. The van der Waals surface area contributed by atoms with Crippen molar-refractivity contribution in [2.24, 2.45) is 0 Å². The topological polar surface area (TPSA) is 76.2 Å². The lowest BCUT2D eigenvalue weighted by Crippen LogP contribution is -2.51. The lowest BCUT2D eigenvalue weighted by molar-refractivity contribution is -0.274. The fourth-order valence-electron chi connectivity index (χ4n) is 2.93. The zero-order valence-corrected chi connectivity index (χ0v) is 16.8. The Morgan fingerprint density at radius 1 is 0.968 bits per heavy atom. The Balaban J connectivity index is 1.55. The molecule has 1 aliphatic rings. The van der Waals surface area contributed by atoms with Crippen molar-refractivity contribution in [3.05, 3.63) is 54.3 Å². The molecule has 0 saturated carbocycles. The van der Waals surface area contributed by atoms with Crippen LogP contribution in [0, 0.1) is 5.82 Å². The second-order valence-electron chi connectivity index (χ2n) is 6.55. The average molecular weight is 462 g/mol. The summed E-state index contributed by atoms with van der Waals surface area (Å²) in [5, 5.41) is 0. The number of sulfonamides is 1. The van der Waals surface area contributed by atoms with Gasteiger partial charge in [-0.15, -0.1) is 13.2 Å². The number of carbonyl (C=O) groups is 1. The molecule has 168 valence electrons. The third-order valence-corrected chi connectivity index (χ3v) is 6.36. The number of alkyl halides is 3. The van der Waals surface area contributed by atoms with Crippen molar-refractivity contribution in [2.75, 3.05) is 32.8 Å². The van der Waals surface area contributed by atoms with E-state index in [1.807, 2.05) is 0 Å². The largest absolute Gasteiger partial charge is 0.573 e. The van der Waals surface area contributed by atoms with Gasteiger partial charge in [-0.1, -0.05) is 6.07 Å². The number of benzene rings is 2. The molecule has 0 unspecified atom stereocenters. The Hall–Kier alpha value is -2.86. The first kappa shape index (κ1) is 22.8. The quantitative estimate of drug-likeness (QED) is 0.617. The number of piperazine rings is 1. The van der Waals surface area contributed by atoms with Gasteiger partial charge in [-0.2, -0.15) is 4.31 Å². The minimum absolute atomic E-state index is 0.00877. The zero-order valence-electron chi connectivity index (χ0n) is 16.0. The van der Waals surface area contributed by atoms with E-state index in [2.05, 4.69) is 4.74 Å². The highest BCUT2D eigenvalue weighted by Gasteiger charge is 2.32. The van der Waals surface area contributed by atoms with Crippen LogP contribution in [0.3, 0.4) is 0 Å². The number of rotatable bonds is 6. The van der Waals surface area contributed by atoms with Crippen molar-refractivity contribution in [3.63, 3.8) is 0 Å². The van der Waals surface area contributed by atoms with Crippen molar-refractivity contribution < 1.29 is 40.2 Å². The van der Waals surface area contributed by atoms with Crippen LogP contribution in [-0.4, -0.2) is 62.7 Å². The lowest BCUT2D eigenvalue weighted by atomic mass is 10.3. The minimum atomic E-state index is -4.87. The molecule has 0 radical (unpaired) electrons. The van der Waals surface area contributed by atoms with Crippen LogP contribution in [0.1, 0.15) is 0 Å². The number of nitrogens with zero attached hydrogens (tertiary/aromatic N) is 2. The summed E-state index contributed by atoms with van der Waals surface area (Å²) >= 11 is 0. The smallest absolute Gasteiger partial charge is 0.484 e. The maximum Gasteiger partial charge on any atom is 0.573 e. The van der Waals surface area contributed by atoms with E-state index in [1.165, 1.54) is 23.1 Å². The summed E-state index contributed by atoms with van der Waals surface area (Å²) in [6.45, 7) is -0.0831. The molecule has 3 rings (SSSR count). The molecule has 1 aliphatic heterocycles. The number of hydrogen-bond donors (Lipinski definition) is 0. The second kappa shape index (κ2) is 9.10. The molecule has 0 aliphatic carbocycles. The van der Waals surface area contributed by atoms with Crippen LogP contribution >= 0.6 is 0 Å². The molecule has 0 aromatic heterocycles. The highest BCUT2D eigenvalue weighted by atomic mass is 32.2. The van der Waals surface area contributed by atoms with E-state index in [9.17, 15) is 30.8 Å². The van der Waals surface area contributed by atoms with Crippen molar-refractivity contribution in [1.82, 2.24) is 9.21 Å². The van der Waals surface area contributed by atoms with Gasteiger partial charge in [0, 0.05) is 32.2 Å². The van der Waals surface area contributed by atoms with Crippen LogP contribution in [0.15, 0.2) is 53.4 Å². The zero-order chi connectivity index (χ0) is 22.6. The molecule has 2 aromatic carbocycles. The highest BCUT2D eigenvalue weighted by Crippen LogP contribution is 2.25. The molecule has 31 heavy (non-hydrogen) atoms. The van der Waals surface area contributed by atoms with Gasteiger partial charge < -0.3 is 14.4 Å². The third kappa shape index (κ3) is 6.07. The van der Waals surface area contributed by atoms with E-state index >= 15 is 0 Å². The molecule has 1 amide bonds. The summed E-state index contributed by atoms with van der Waals surface area (Å²) in [6.07, 6.45) is -4.87. The predicted molar refractivity (Wildman–Crippen MR) is 100 cm³/mol. The molecule has 7 nitrogen and oxygen atoms in total. The SMILES string of the molecule is O=C(COc1cccc(F)c1)N1CCN(S(=O)(=O)c2ccc(OC(F)(F)F)cc2)CC1. The molecule has 0 spiro atoms. The molecule has 0 bridgehead atoms. The van der Waals surface area contributed by atoms with Gasteiger partial charge in [0.1, 0.15) is 17.3 Å². The first-order chi connectivity index (χ1) is 14.5. The lowest BCUT2D eigenvalue weighted by Gasteiger charge is -2.34. The van der Waals surface area contributed by atoms with Crippen LogP contribution in [0.4, 0.5) is 17.6 Å². The summed E-state index contributed by atoms with van der Waals surface area (Å²) in [5.41, 5.74) is 0. The minimum Gasteiger partial charge on any atom is -0.484 e. The van der Waals surface area contributed by atoms with E-state index in [0.29, 0.717) is 0 Å². The van der Waals surface area contributed by atoms with Crippen molar-refractivity contribution in [2.45, 2.75) is 11.3 Å². The van der Waals surface area contributed by atoms with Crippen LogP contribution < -0.4 is 9.47 Å². The number of amides is 1. The predicted octanol–water partition coefficient (Wildman–Crippen LogP) is 2.64. The maximum atomic E-state index is 13.1. The monoisotopic (exact) mass is 462 g/mol. The summed E-state index contributed by atoms with van der Waals surface area (Å²) in [5.74, 6) is -1.20. The molecule has 1 saturated heterocycles. The van der Waals surface area contributed by atoms with Crippen LogP contribution in [-0.2, 0) is 14.8 Å². The fourth-order valence-corrected chi connectivity index (χ4v) is 4.36. The Morgan fingerprint density at radius 3 is 2.19 bits per heavy atom. The van der Waals surface area contributed by atoms with E-state index in [0.717, 1.165) is 34.6 Å². The number of ether oxygens (including phenoxy) is 2. The average Bonchev–Trinajstić information content (AvgIpc) is 2.71. The third-order valence-electron chi connectivity index (χ3n) is 4.44. The standard InChI is InChI=1S/C19H18F4N2O5S/c20-14-2-1-3-16(12-14)29-13-18(26)24-8-10-25(11-9-24)31(27,28)17-6-4-15(5-7-17)30-19(21,22)23/h1-7,12H,8-11,13H2. The van der Waals surface area contributed by atoms with Crippen LogP contribution in [0.2, 0.25) is 0 Å². The van der Waals surface area contributed by atoms with Gasteiger partial charge in [-0.25, -0.2) is 12.8 Å². The molecule has 1 heterocycles. The fraction of sp³-hybridized carbons (Fsp3) is 0.316. The van der Waals surface area contributed by atoms with E-state index < -0.39 is 28.0 Å². The summed E-state index contributed by atoms with van der Waals surface area (Å²) in [4.78, 5) is 13.5. The summed E-state index contributed by atoms with van der Waals surface area (Å²) in [6, 6.07) is 9.23. The first-order valence-corrected chi connectivity index (χ1v) is 10.5. The molecule has 0 atom stereocenters. The highest BCUT2D eigenvalue weighted by molar-refractivity contribution is 7.89. The van der Waals surface area contributed by atoms with Gasteiger partial charge in [0.05, 0.1) is 4.90 Å². The van der Waals surface area contributed by atoms with Crippen LogP contribution in [0.25, 0.3) is 0 Å². The van der Waals surface area contributed by atoms with E-state index in [4.69, 9.17) is 4.74 Å². The Kier molecular flexibility index (Phi) is 6.70. The van der Waals surface area contributed by atoms with Gasteiger partial charge in [-0.05, 0) is 36.4 Å². The van der Waals surface area contributed by atoms with E-state index in [-0.39, 0.29) is 49.3 Å². The number of carbonyl (C=O) groups excluding carboxylic acids is 1. The Morgan fingerprint density at radius 2 is 1.61 bits per heavy atom. The first-order valence-electron chi connectivity index (χ1n) is 9.07. The van der Waals surface area contributed by atoms with Gasteiger partial charge in [-0.3, -0.25) is 4.79 Å². The summed E-state index contributed by atoms with van der Waals surface area (Å²) in [7, 11) is -3.95. The number of hydrogen-bond acceptors (Lipinski definition) is 5. The Bertz CT molecular complexity index is 1020. The van der Waals surface area contributed by atoms with Gasteiger partial charge in [0.25, 0.3) is 5.91 Å². The van der Waals surface area contributed by atoms with E-state index in [1.54, 1.807) is 0 Å². The molecular formula is C19H18F4N2O5S. The maximum absolute atomic E-state index is 13.1. The molecule has 2 aromatic rings. The summed E-state index contributed by atoms with van der Waals surface area (Å²) < 4.78 is 85.4. The Labute approximate surface area is 175 Å². The number of halogens is 4. The molecular weight excluding hydrogens is 444 g/mol. The molecule has 1 fully saturated rings. The molecule has 12 heteroatoms. The van der Waals surface area contributed by atoms with Crippen molar-refractivity contribution >= 4 is 15.9 Å². The normalized spacial score (nSPS) is 15.5. The van der Waals surface area contributed by atoms with Crippen molar-refractivity contribution in [3.8, 4) is 11.5 Å².